The van der Waals surface area contributed by atoms with Crippen molar-refractivity contribution in [3.05, 3.63) is 0 Å². The van der Waals surface area contributed by atoms with Gasteiger partial charge in [0.25, 0.3) is 0 Å². The zero-order valence-corrected chi connectivity index (χ0v) is 8.12. The van der Waals surface area contributed by atoms with Gasteiger partial charge < -0.3 is 14.8 Å². The van der Waals surface area contributed by atoms with Crippen LogP contribution in [0, 0.1) is 0 Å². The molecule has 1 N–H and O–H groups in total. The van der Waals surface area contributed by atoms with Crippen LogP contribution in [0.25, 0.3) is 0 Å². The van der Waals surface area contributed by atoms with Crippen LogP contribution in [0.15, 0.2) is 0 Å². The Hall–Kier alpha value is -0.940. The second-order valence-electron chi connectivity index (χ2n) is 2.58. The average Bonchev–Trinajstić information content (AvgIpc) is 2.05. The van der Waals surface area contributed by atoms with E-state index < -0.39 is 6.29 Å². The maximum Gasteiger partial charge on any atom is 0.227 e. The molecule has 0 rings (SSSR count). The third-order valence-corrected chi connectivity index (χ3v) is 1.40. The van der Waals surface area contributed by atoms with Crippen LogP contribution < -0.4 is 5.32 Å². The molecule has 5 heteroatoms. The van der Waals surface area contributed by atoms with Crippen molar-refractivity contribution < 1.29 is 19.1 Å². The summed E-state index contributed by atoms with van der Waals surface area (Å²) in [7, 11) is 2.95. The normalized spacial score (nSPS) is 10.2. The highest BCUT2D eigenvalue weighted by atomic mass is 16.7. The van der Waals surface area contributed by atoms with Crippen molar-refractivity contribution in [2.24, 2.45) is 0 Å². The highest BCUT2D eigenvalue weighted by Gasteiger charge is 2.08. The second-order valence-corrected chi connectivity index (χ2v) is 2.58. The molecule has 0 aliphatic heterocycles. The lowest BCUT2D eigenvalue weighted by Gasteiger charge is -2.13. The molecule has 0 fully saturated rings. The van der Waals surface area contributed by atoms with E-state index in [0.717, 1.165) is 0 Å². The van der Waals surface area contributed by atoms with Crippen molar-refractivity contribution in [3.63, 3.8) is 0 Å². The molecule has 76 valence electrons. The number of Topliss-reactive ketones (excluding diaryl/α,β-unsaturated/α-hetero) is 1. The quantitative estimate of drug-likeness (QED) is 0.460. The summed E-state index contributed by atoms with van der Waals surface area (Å²) in [6.45, 7) is 1.61. The minimum absolute atomic E-state index is 0.0971. The van der Waals surface area contributed by atoms with Crippen LogP contribution in [0.2, 0.25) is 0 Å². The summed E-state index contributed by atoms with van der Waals surface area (Å²) in [5.74, 6) is -0.476. The fourth-order valence-electron chi connectivity index (χ4n) is 0.749. The lowest BCUT2D eigenvalue weighted by molar-refractivity contribution is -0.131. The number of methoxy groups -OCH3 is 2. The minimum Gasteiger partial charge on any atom is -0.354 e. The van der Waals surface area contributed by atoms with Crippen molar-refractivity contribution >= 4 is 11.7 Å². The lowest BCUT2D eigenvalue weighted by Crippen LogP contribution is -2.34. The van der Waals surface area contributed by atoms with Gasteiger partial charge in [0.05, 0.1) is 13.0 Å². The number of ketones is 1. The molecule has 5 nitrogen and oxygen atoms in total. The Morgan fingerprint density at radius 2 is 1.85 bits per heavy atom. The maximum absolute atomic E-state index is 10.9. The molecule has 0 aromatic heterocycles. The van der Waals surface area contributed by atoms with E-state index in [1.165, 1.54) is 21.1 Å². The van der Waals surface area contributed by atoms with Gasteiger partial charge in [-0.2, -0.15) is 0 Å². The molecule has 0 aliphatic rings. The Bertz CT molecular complexity index is 177. The zero-order valence-electron chi connectivity index (χ0n) is 8.12. The molecule has 0 atom stereocenters. The summed E-state index contributed by atoms with van der Waals surface area (Å²) in [5, 5.41) is 2.51. The first-order valence-electron chi connectivity index (χ1n) is 3.92. The van der Waals surface area contributed by atoms with Crippen LogP contribution >= 0.6 is 0 Å². The molecular formula is C8H15NO4. The van der Waals surface area contributed by atoms with E-state index in [1.54, 1.807) is 0 Å². The molecule has 13 heavy (non-hydrogen) atoms. The highest BCUT2D eigenvalue weighted by molar-refractivity contribution is 5.96. The number of nitrogens with one attached hydrogen (secondary N) is 1. The summed E-state index contributed by atoms with van der Waals surface area (Å²) in [5.41, 5.74) is 0. The lowest BCUT2D eigenvalue weighted by atomic mass is 10.3. The summed E-state index contributed by atoms with van der Waals surface area (Å²) >= 11 is 0. The fraction of sp³-hybridized carbons (Fsp3) is 0.750. The number of hydrogen-bond acceptors (Lipinski definition) is 4. The predicted octanol–water partition coefficient (Wildman–Crippen LogP) is -0.299. The van der Waals surface area contributed by atoms with Crippen LogP contribution in [0.3, 0.4) is 0 Å². The molecule has 0 bridgehead atoms. The summed E-state index contributed by atoms with van der Waals surface area (Å²) in [4.78, 5) is 21.5. The monoisotopic (exact) mass is 189 g/mol. The zero-order chi connectivity index (χ0) is 10.3. The standard InChI is InChI=1S/C8H15NO4/c1-6(10)4-7(11)9-5-8(12-2)13-3/h8H,4-5H2,1-3H3,(H,9,11). The van der Waals surface area contributed by atoms with Gasteiger partial charge in [-0.15, -0.1) is 0 Å². The molecule has 0 saturated carbocycles. The Labute approximate surface area is 77.4 Å². The summed E-state index contributed by atoms with van der Waals surface area (Å²) < 4.78 is 9.67. The number of carbonyl (C=O) groups is 2. The largest absolute Gasteiger partial charge is 0.354 e. The average molecular weight is 189 g/mol. The van der Waals surface area contributed by atoms with E-state index in [4.69, 9.17) is 9.47 Å². The van der Waals surface area contributed by atoms with Gasteiger partial charge in [0.15, 0.2) is 6.29 Å². The molecular weight excluding hydrogens is 174 g/mol. The van der Waals surface area contributed by atoms with Gasteiger partial charge in [-0.1, -0.05) is 0 Å². The maximum atomic E-state index is 10.9. The van der Waals surface area contributed by atoms with Gasteiger partial charge in [0.2, 0.25) is 5.91 Å². The van der Waals surface area contributed by atoms with Gasteiger partial charge in [-0.3, -0.25) is 9.59 Å². The van der Waals surface area contributed by atoms with Crippen LogP contribution in [0.4, 0.5) is 0 Å². The third kappa shape index (κ3) is 6.24. The first-order valence-corrected chi connectivity index (χ1v) is 3.92. The number of rotatable bonds is 6. The summed E-state index contributed by atoms with van der Waals surface area (Å²) in [6.07, 6.45) is -0.559. The Morgan fingerprint density at radius 1 is 1.31 bits per heavy atom. The molecule has 0 unspecified atom stereocenters. The molecule has 0 heterocycles. The van der Waals surface area contributed by atoms with Gasteiger partial charge in [-0.25, -0.2) is 0 Å². The van der Waals surface area contributed by atoms with E-state index in [9.17, 15) is 9.59 Å². The number of hydrogen-bond donors (Lipinski definition) is 1. The van der Waals surface area contributed by atoms with Crippen LogP contribution in [0.1, 0.15) is 13.3 Å². The van der Waals surface area contributed by atoms with E-state index in [-0.39, 0.29) is 24.7 Å². The third-order valence-electron chi connectivity index (χ3n) is 1.40. The van der Waals surface area contributed by atoms with Crippen molar-refractivity contribution in [2.45, 2.75) is 19.6 Å². The molecule has 0 radical (unpaired) electrons. The van der Waals surface area contributed by atoms with E-state index in [1.807, 2.05) is 0 Å². The first-order chi connectivity index (χ1) is 6.10. The second kappa shape index (κ2) is 6.56. The van der Waals surface area contributed by atoms with Gasteiger partial charge >= 0.3 is 0 Å². The Balaban J connectivity index is 3.62. The molecule has 1 amide bonds. The smallest absolute Gasteiger partial charge is 0.227 e. The molecule has 0 aliphatic carbocycles. The number of amides is 1. The van der Waals surface area contributed by atoms with Crippen molar-refractivity contribution in [3.8, 4) is 0 Å². The van der Waals surface area contributed by atoms with Crippen molar-refractivity contribution in [1.29, 1.82) is 0 Å². The first kappa shape index (κ1) is 12.1. The highest BCUT2D eigenvalue weighted by Crippen LogP contribution is 1.88. The minimum atomic E-state index is -0.462. The van der Waals surface area contributed by atoms with Crippen LogP contribution in [-0.4, -0.2) is 38.7 Å². The number of carbonyl (C=O) groups excluding carboxylic acids is 2. The Morgan fingerprint density at radius 3 is 2.23 bits per heavy atom. The molecule has 0 spiro atoms. The molecule has 0 aromatic rings. The topological polar surface area (TPSA) is 64.6 Å². The van der Waals surface area contributed by atoms with Gasteiger partial charge in [-0.05, 0) is 6.92 Å². The van der Waals surface area contributed by atoms with Crippen LogP contribution in [-0.2, 0) is 19.1 Å². The number of ether oxygens (including phenoxy) is 2. The predicted molar refractivity (Wildman–Crippen MR) is 46.1 cm³/mol. The van der Waals surface area contributed by atoms with Crippen molar-refractivity contribution in [1.82, 2.24) is 5.32 Å². The molecule has 0 saturated heterocycles. The summed E-state index contributed by atoms with van der Waals surface area (Å²) in [6, 6.07) is 0. The van der Waals surface area contributed by atoms with Gasteiger partial charge in [0.1, 0.15) is 5.78 Å². The molecule has 0 aromatic carbocycles. The fourth-order valence-corrected chi connectivity index (χ4v) is 0.749. The Kier molecular flexibility index (Phi) is 6.09. The van der Waals surface area contributed by atoms with E-state index >= 15 is 0 Å². The van der Waals surface area contributed by atoms with Crippen molar-refractivity contribution in [2.75, 3.05) is 20.8 Å². The van der Waals surface area contributed by atoms with E-state index in [2.05, 4.69) is 5.32 Å². The SMILES string of the molecule is COC(CNC(=O)CC(C)=O)OC. The van der Waals surface area contributed by atoms with E-state index in [0.29, 0.717) is 0 Å². The van der Waals surface area contributed by atoms with Gasteiger partial charge in [0, 0.05) is 14.2 Å². The van der Waals surface area contributed by atoms with Crippen LogP contribution in [0.5, 0.6) is 0 Å².